The third kappa shape index (κ3) is 6.63. The van der Waals surface area contributed by atoms with Crippen molar-refractivity contribution >= 4 is 21.8 Å². The Bertz CT molecular complexity index is 276. The molecule has 0 atom stereocenters. The summed E-state index contributed by atoms with van der Waals surface area (Å²) < 4.78 is 37.5. The van der Waals surface area contributed by atoms with Gasteiger partial charge in [0.25, 0.3) is 0 Å². The van der Waals surface area contributed by atoms with Crippen molar-refractivity contribution < 1.29 is 18.0 Å². The van der Waals surface area contributed by atoms with Gasteiger partial charge in [-0.2, -0.15) is 13.2 Å². The molecule has 0 radical (unpaired) electrons. The summed E-state index contributed by atoms with van der Waals surface area (Å²) in [6.07, 6.45) is 2.39. The highest BCUT2D eigenvalue weighted by Crippen LogP contribution is 2.25. The molecule has 0 unspecified atom stereocenters. The number of alkyl halides is 4. The molecule has 0 saturated heterocycles. The fourth-order valence-corrected chi connectivity index (χ4v) is 2.97. The van der Waals surface area contributed by atoms with E-state index in [4.69, 9.17) is 0 Å². The SMILES string of the molecule is O=C(C1CCCCCCC1)N(CCBr)CC(F)(F)F. The normalized spacial score (nSPS) is 18.7. The lowest BCUT2D eigenvalue weighted by molar-refractivity contribution is -0.163. The van der Waals surface area contributed by atoms with Crippen molar-refractivity contribution in [2.75, 3.05) is 18.4 Å². The number of carbonyl (C=O) groups is 1. The van der Waals surface area contributed by atoms with Crippen LogP contribution in [0.25, 0.3) is 0 Å². The molecule has 112 valence electrons. The number of hydrogen-bond acceptors (Lipinski definition) is 1. The summed E-state index contributed by atoms with van der Waals surface area (Å²) in [6, 6.07) is 0. The van der Waals surface area contributed by atoms with Crippen molar-refractivity contribution in [1.29, 1.82) is 0 Å². The molecule has 0 heterocycles. The van der Waals surface area contributed by atoms with Crippen LogP contribution in [-0.4, -0.2) is 35.4 Å². The van der Waals surface area contributed by atoms with E-state index in [1.165, 1.54) is 6.42 Å². The van der Waals surface area contributed by atoms with Gasteiger partial charge in [-0.1, -0.05) is 48.0 Å². The molecule has 1 aliphatic carbocycles. The largest absolute Gasteiger partial charge is 0.406 e. The molecule has 0 aliphatic heterocycles. The molecule has 6 heteroatoms. The maximum atomic E-state index is 12.5. The van der Waals surface area contributed by atoms with Crippen molar-refractivity contribution in [3.63, 3.8) is 0 Å². The smallest absolute Gasteiger partial charge is 0.333 e. The van der Waals surface area contributed by atoms with Crippen molar-refractivity contribution in [1.82, 2.24) is 4.90 Å². The lowest BCUT2D eigenvalue weighted by atomic mass is 9.90. The average molecular weight is 344 g/mol. The summed E-state index contributed by atoms with van der Waals surface area (Å²) in [5, 5.41) is 0.377. The zero-order chi connectivity index (χ0) is 14.3. The zero-order valence-electron chi connectivity index (χ0n) is 11.0. The summed E-state index contributed by atoms with van der Waals surface area (Å²) in [7, 11) is 0. The predicted octanol–water partition coefficient (Wildman–Crippen LogP) is 4.13. The second-order valence-corrected chi connectivity index (χ2v) is 5.90. The minimum Gasteiger partial charge on any atom is -0.333 e. The Morgan fingerprint density at radius 1 is 1.11 bits per heavy atom. The Morgan fingerprint density at radius 3 is 2.11 bits per heavy atom. The lowest BCUT2D eigenvalue weighted by Gasteiger charge is -2.28. The fraction of sp³-hybridized carbons (Fsp3) is 0.923. The second kappa shape index (κ2) is 8.12. The van der Waals surface area contributed by atoms with E-state index in [1.54, 1.807) is 0 Å². The maximum Gasteiger partial charge on any atom is 0.406 e. The highest BCUT2D eigenvalue weighted by Gasteiger charge is 2.34. The molecule has 19 heavy (non-hydrogen) atoms. The van der Waals surface area contributed by atoms with Crippen molar-refractivity contribution in [3.8, 4) is 0 Å². The standard InChI is InChI=1S/C13H21BrF3NO/c14-8-9-18(10-13(15,16)17)12(19)11-6-4-2-1-3-5-7-11/h11H,1-10H2. The van der Waals surface area contributed by atoms with Crippen LogP contribution in [0.1, 0.15) is 44.9 Å². The zero-order valence-corrected chi connectivity index (χ0v) is 12.6. The first-order chi connectivity index (χ1) is 8.94. The topological polar surface area (TPSA) is 20.3 Å². The van der Waals surface area contributed by atoms with Crippen LogP contribution in [0.3, 0.4) is 0 Å². The van der Waals surface area contributed by atoms with Gasteiger partial charge < -0.3 is 4.90 Å². The molecule has 0 aromatic carbocycles. The van der Waals surface area contributed by atoms with Gasteiger partial charge in [0.2, 0.25) is 5.91 Å². The number of hydrogen-bond donors (Lipinski definition) is 0. The van der Waals surface area contributed by atoms with Crippen LogP contribution in [0, 0.1) is 5.92 Å². The van der Waals surface area contributed by atoms with E-state index in [2.05, 4.69) is 15.9 Å². The van der Waals surface area contributed by atoms with Crippen LogP contribution in [0.15, 0.2) is 0 Å². The first kappa shape index (κ1) is 16.8. The molecule has 0 aromatic rings. The van der Waals surface area contributed by atoms with Gasteiger partial charge in [-0.25, -0.2) is 0 Å². The van der Waals surface area contributed by atoms with Gasteiger partial charge in [-0.15, -0.1) is 0 Å². The van der Waals surface area contributed by atoms with Crippen LogP contribution >= 0.6 is 15.9 Å². The van der Waals surface area contributed by atoms with Crippen molar-refractivity contribution in [3.05, 3.63) is 0 Å². The number of amides is 1. The molecule has 2 nitrogen and oxygen atoms in total. The first-order valence-corrected chi connectivity index (χ1v) is 7.97. The summed E-state index contributed by atoms with van der Waals surface area (Å²) in [5.41, 5.74) is 0. The summed E-state index contributed by atoms with van der Waals surface area (Å²) in [6.45, 7) is -1.01. The third-order valence-electron chi connectivity index (χ3n) is 3.49. The van der Waals surface area contributed by atoms with Gasteiger partial charge >= 0.3 is 6.18 Å². The van der Waals surface area contributed by atoms with Crippen LogP contribution in [-0.2, 0) is 4.79 Å². The first-order valence-electron chi connectivity index (χ1n) is 6.85. The van der Waals surface area contributed by atoms with E-state index < -0.39 is 12.7 Å². The minimum atomic E-state index is -4.32. The fourth-order valence-electron chi connectivity index (χ4n) is 2.55. The Kier molecular flexibility index (Phi) is 7.18. The molecule has 0 spiro atoms. The van der Waals surface area contributed by atoms with E-state index in [-0.39, 0.29) is 18.4 Å². The monoisotopic (exact) mass is 343 g/mol. The molecule has 1 amide bonds. The maximum absolute atomic E-state index is 12.5. The second-order valence-electron chi connectivity index (χ2n) is 5.11. The van der Waals surface area contributed by atoms with Gasteiger partial charge in [-0.3, -0.25) is 4.79 Å². The third-order valence-corrected chi connectivity index (χ3v) is 3.85. The van der Waals surface area contributed by atoms with Crippen LogP contribution in [0.2, 0.25) is 0 Å². The summed E-state index contributed by atoms with van der Waals surface area (Å²) in [5.74, 6) is -0.541. The van der Waals surface area contributed by atoms with E-state index in [1.807, 2.05) is 0 Å². The molecular formula is C13H21BrF3NO. The van der Waals surface area contributed by atoms with Crippen LogP contribution in [0.4, 0.5) is 13.2 Å². The van der Waals surface area contributed by atoms with Gasteiger partial charge in [0.15, 0.2) is 0 Å². The molecule has 0 bridgehead atoms. The quantitative estimate of drug-likeness (QED) is 0.702. The highest BCUT2D eigenvalue weighted by atomic mass is 79.9. The molecule has 1 saturated carbocycles. The lowest BCUT2D eigenvalue weighted by Crippen LogP contribution is -2.43. The predicted molar refractivity (Wildman–Crippen MR) is 72.2 cm³/mol. The highest BCUT2D eigenvalue weighted by molar-refractivity contribution is 9.09. The molecule has 1 fully saturated rings. The molecule has 0 aromatic heterocycles. The number of halogens is 4. The van der Waals surface area contributed by atoms with Gasteiger partial charge in [-0.05, 0) is 12.8 Å². The van der Waals surface area contributed by atoms with E-state index in [9.17, 15) is 18.0 Å². The Balaban J connectivity index is 2.62. The average Bonchev–Trinajstić information content (AvgIpc) is 2.25. The van der Waals surface area contributed by atoms with E-state index in [0.717, 1.165) is 43.4 Å². The molecule has 1 rings (SSSR count). The molecule has 0 N–H and O–H groups in total. The minimum absolute atomic E-state index is 0.120. The summed E-state index contributed by atoms with van der Waals surface area (Å²) in [4.78, 5) is 13.2. The number of rotatable bonds is 4. The van der Waals surface area contributed by atoms with Crippen LogP contribution < -0.4 is 0 Å². The van der Waals surface area contributed by atoms with Crippen molar-refractivity contribution in [2.24, 2.45) is 5.92 Å². The van der Waals surface area contributed by atoms with Gasteiger partial charge in [0, 0.05) is 17.8 Å². The number of carbonyl (C=O) groups excluding carboxylic acids is 1. The molecule has 1 aliphatic rings. The number of nitrogens with zero attached hydrogens (tertiary/aromatic N) is 1. The Labute approximate surface area is 120 Å². The van der Waals surface area contributed by atoms with Gasteiger partial charge in [0.1, 0.15) is 6.54 Å². The van der Waals surface area contributed by atoms with E-state index >= 15 is 0 Å². The van der Waals surface area contributed by atoms with E-state index in [0.29, 0.717) is 5.33 Å². The van der Waals surface area contributed by atoms with Crippen LogP contribution in [0.5, 0.6) is 0 Å². The molecular weight excluding hydrogens is 323 g/mol. The Morgan fingerprint density at radius 2 is 1.63 bits per heavy atom. The summed E-state index contributed by atoms with van der Waals surface area (Å²) >= 11 is 3.12. The Hall–Kier alpha value is -0.260. The van der Waals surface area contributed by atoms with Crippen molar-refractivity contribution in [2.45, 2.75) is 51.1 Å². The van der Waals surface area contributed by atoms with Gasteiger partial charge in [0.05, 0.1) is 0 Å².